The number of nitrogens with one attached hydrogen (secondary N) is 4. The number of aliphatic imine (C=N–C) groups is 3. The van der Waals surface area contributed by atoms with Gasteiger partial charge in [0.25, 0.3) is 0 Å². The van der Waals surface area contributed by atoms with Crippen LogP contribution in [0.4, 0.5) is 4.79 Å². The fourth-order valence-electron chi connectivity index (χ4n) is 6.06. The van der Waals surface area contributed by atoms with Gasteiger partial charge in [-0.3, -0.25) is 38.9 Å². The molecule has 0 fully saturated rings. The predicted molar refractivity (Wildman–Crippen MR) is 234 cm³/mol. The van der Waals surface area contributed by atoms with Gasteiger partial charge in [0.15, 0.2) is 23.7 Å². The Balaban J connectivity index is 2.50. The lowest BCUT2D eigenvalue weighted by molar-refractivity contribution is -0.133. The van der Waals surface area contributed by atoms with Gasteiger partial charge in [0.1, 0.15) is 34.9 Å². The monoisotopic (exact) mass is 870 g/mol. The van der Waals surface area contributed by atoms with E-state index in [4.69, 9.17) is 49.3 Å². The lowest BCUT2D eigenvalue weighted by atomic mass is 9.95. The van der Waals surface area contributed by atoms with Crippen LogP contribution in [0, 0.1) is 12.8 Å². The molecule has 342 valence electrons. The summed E-state index contributed by atoms with van der Waals surface area (Å²) >= 11 is 0. The fraction of sp³-hybridized carbons (Fsp3) is 0.538. The van der Waals surface area contributed by atoms with E-state index in [1.165, 1.54) is 25.1 Å². The molecule has 0 saturated carbocycles. The maximum atomic E-state index is 14.2. The number of carbonyl (C=O) groups excluding carboxylic acids is 6. The number of aryl methyl sites for hydroxylation is 1. The number of carbonyl (C=O) groups is 6. The van der Waals surface area contributed by atoms with Crippen LogP contribution in [-0.2, 0) is 19.1 Å². The first-order valence-corrected chi connectivity index (χ1v) is 19.9. The van der Waals surface area contributed by atoms with Gasteiger partial charge in [0, 0.05) is 30.6 Å². The zero-order valence-electron chi connectivity index (χ0n) is 36.0. The highest BCUT2D eigenvalue weighted by atomic mass is 16.6. The van der Waals surface area contributed by atoms with Crippen molar-refractivity contribution in [2.45, 2.75) is 110 Å². The Morgan fingerprint density at radius 1 is 0.694 bits per heavy atom. The Morgan fingerprint density at radius 2 is 1.16 bits per heavy atom. The molecule has 23 nitrogen and oxygen atoms in total. The smallest absolute Gasteiger partial charge is 0.408 e. The molecular weight excluding hydrogens is 809 g/mol. The first-order chi connectivity index (χ1) is 28.9. The van der Waals surface area contributed by atoms with E-state index in [2.05, 4.69) is 36.2 Å². The molecule has 5 amide bonds. The minimum absolute atomic E-state index is 0.0157. The van der Waals surface area contributed by atoms with Gasteiger partial charge >= 0.3 is 11.7 Å². The van der Waals surface area contributed by atoms with Gasteiger partial charge in [-0.1, -0.05) is 19.9 Å². The third kappa shape index (κ3) is 17.0. The summed E-state index contributed by atoms with van der Waals surface area (Å²) in [5, 5.41) is 10.9. The average Bonchev–Trinajstić information content (AvgIpc) is 3.15. The third-order valence-corrected chi connectivity index (χ3v) is 9.05. The van der Waals surface area contributed by atoms with Gasteiger partial charge in [0.2, 0.25) is 23.6 Å². The molecule has 0 saturated heterocycles. The van der Waals surface area contributed by atoms with E-state index in [9.17, 15) is 33.6 Å². The van der Waals surface area contributed by atoms with Gasteiger partial charge in [-0.2, -0.15) is 0 Å². The molecule has 0 aliphatic carbocycles. The van der Waals surface area contributed by atoms with E-state index in [0.717, 1.165) is 0 Å². The number of ketones is 1. The van der Waals surface area contributed by atoms with Crippen LogP contribution in [-0.4, -0.2) is 103 Å². The number of rotatable bonds is 23. The second-order valence-electron chi connectivity index (χ2n) is 15.7. The molecule has 1 aromatic heterocycles. The molecule has 62 heavy (non-hydrogen) atoms. The Hall–Kier alpha value is -6.94. The standard InChI is InChI=1S/C39H62N14O9/c1-19(2)28(53-32(57)25(12-9-17-49-37(45)46)52-38(60)62-39(4,5)6)33(58)51-24(11-8-16-48-36(43)44)31(56)50-23(10-7-15-47-35(41)42)29(54)27-20(3)22-14-13-21(30(40)55)18-26(22)61-34(27)59/h13-14,18-19,23-25,28H,7-12,15-17H2,1-6H3,(H2,40,55)(H,50,56)(H,51,58)(H,52,60)(H,53,57)(H4,41,42,47)(H4,43,44,48)(H4,45,46,49)/t23-,24-,25-,28-/m0/s1. The summed E-state index contributed by atoms with van der Waals surface area (Å²) in [4.78, 5) is 106. The van der Waals surface area contributed by atoms with Crippen molar-refractivity contribution in [1.82, 2.24) is 21.3 Å². The molecule has 0 radical (unpaired) electrons. The van der Waals surface area contributed by atoms with Crippen molar-refractivity contribution in [3.8, 4) is 0 Å². The van der Waals surface area contributed by atoms with Crippen LogP contribution in [0.3, 0.4) is 0 Å². The Bertz CT molecular complexity index is 2080. The molecule has 18 N–H and O–H groups in total. The molecule has 0 bridgehead atoms. The van der Waals surface area contributed by atoms with Crippen molar-refractivity contribution >= 4 is 64.4 Å². The van der Waals surface area contributed by atoms with Gasteiger partial charge in [-0.05, 0) is 89.8 Å². The van der Waals surface area contributed by atoms with Gasteiger partial charge in [0.05, 0.1) is 6.04 Å². The minimum Gasteiger partial charge on any atom is -0.444 e. The number of nitrogens with two attached hydrogens (primary N) is 7. The molecule has 1 aromatic carbocycles. The number of amides is 5. The van der Waals surface area contributed by atoms with Gasteiger partial charge in [-0.25, -0.2) is 9.59 Å². The van der Waals surface area contributed by atoms with Gasteiger partial charge < -0.3 is 70.6 Å². The zero-order chi connectivity index (χ0) is 46.9. The van der Waals surface area contributed by atoms with Crippen molar-refractivity contribution in [3.05, 3.63) is 45.3 Å². The summed E-state index contributed by atoms with van der Waals surface area (Å²) in [5.41, 5.74) is 36.2. The number of hydrogen-bond donors (Lipinski definition) is 11. The number of ether oxygens (including phenoxy) is 1. The first-order valence-electron chi connectivity index (χ1n) is 19.9. The normalized spacial score (nSPS) is 13.1. The van der Waals surface area contributed by atoms with Crippen molar-refractivity contribution < 1.29 is 37.9 Å². The largest absolute Gasteiger partial charge is 0.444 e. The second-order valence-corrected chi connectivity index (χ2v) is 15.7. The van der Waals surface area contributed by atoms with Crippen molar-refractivity contribution in [3.63, 3.8) is 0 Å². The lowest BCUT2D eigenvalue weighted by Gasteiger charge is -2.28. The molecular formula is C39H62N14O9. The number of fused-ring (bicyclic) bond motifs is 1. The highest BCUT2D eigenvalue weighted by molar-refractivity contribution is 6.06. The molecule has 2 aromatic rings. The Kier molecular flexibility index (Phi) is 19.6. The van der Waals surface area contributed by atoms with E-state index in [-0.39, 0.29) is 98.3 Å². The Labute approximate surface area is 358 Å². The van der Waals surface area contributed by atoms with Crippen LogP contribution in [0.25, 0.3) is 11.0 Å². The summed E-state index contributed by atoms with van der Waals surface area (Å²) in [6, 6.07) is -0.950. The highest BCUT2D eigenvalue weighted by Crippen LogP contribution is 2.22. The number of guanidine groups is 3. The third-order valence-electron chi connectivity index (χ3n) is 9.05. The summed E-state index contributed by atoms with van der Waals surface area (Å²) < 4.78 is 10.8. The summed E-state index contributed by atoms with van der Waals surface area (Å²) in [6.45, 7) is 10.1. The maximum absolute atomic E-state index is 14.2. The van der Waals surface area contributed by atoms with E-state index in [1.807, 2.05) is 0 Å². The highest BCUT2D eigenvalue weighted by Gasteiger charge is 2.34. The molecule has 0 aliphatic heterocycles. The minimum atomic E-state index is -1.36. The predicted octanol–water partition coefficient (Wildman–Crippen LogP) is -1.45. The topological polar surface area (TPSA) is 409 Å². The summed E-state index contributed by atoms with van der Waals surface area (Å²) in [6.07, 6.45) is -0.309. The quantitative estimate of drug-likeness (QED) is 0.0200. The molecule has 23 heteroatoms. The SMILES string of the molecule is Cc1c(C(=O)[C@H](CCCN=C(N)N)NC(=O)[C@H](CCCN=C(N)N)NC(=O)[C@@H](NC(=O)[C@H](CCCN=C(N)N)NC(=O)OC(C)(C)C)C(C)C)c(=O)oc2cc(C(N)=O)ccc12. The van der Waals surface area contributed by atoms with Gasteiger partial charge in [-0.15, -0.1) is 0 Å². The number of hydrogen-bond acceptors (Lipinski definition) is 12. The van der Waals surface area contributed by atoms with Crippen LogP contribution in [0.1, 0.15) is 99.4 Å². The number of primary amides is 1. The van der Waals surface area contributed by atoms with Crippen LogP contribution in [0.15, 0.2) is 42.4 Å². The summed E-state index contributed by atoms with van der Waals surface area (Å²) in [7, 11) is 0. The van der Waals surface area contributed by atoms with Crippen LogP contribution < -0.4 is 67.0 Å². The molecule has 2 rings (SSSR count). The summed E-state index contributed by atoms with van der Waals surface area (Å²) in [5.74, 6) is -5.00. The van der Waals surface area contributed by atoms with Crippen LogP contribution in [0.5, 0.6) is 0 Å². The van der Waals surface area contributed by atoms with Crippen molar-refractivity contribution in [2.24, 2.45) is 61.0 Å². The number of benzene rings is 1. The van der Waals surface area contributed by atoms with E-state index < -0.39 is 76.8 Å². The van der Waals surface area contributed by atoms with Crippen LogP contribution >= 0.6 is 0 Å². The Morgan fingerprint density at radius 3 is 1.63 bits per heavy atom. The molecule has 0 aliphatic rings. The lowest BCUT2D eigenvalue weighted by Crippen LogP contribution is -2.59. The number of nitrogens with zero attached hydrogens (tertiary/aromatic N) is 3. The van der Waals surface area contributed by atoms with E-state index in [0.29, 0.717) is 5.39 Å². The van der Waals surface area contributed by atoms with E-state index in [1.54, 1.807) is 34.6 Å². The molecule has 1 heterocycles. The molecule has 4 atom stereocenters. The fourth-order valence-corrected chi connectivity index (χ4v) is 6.06. The molecule has 0 unspecified atom stereocenters. The number of Topliss-reactive ketones (excluding diaryl/α,β-unsaturated/α-hetero) is 1. The zero-order valence-corrected chi connectivity index (χ0v) is 36.0. The van der Waals surface area contributed by atoms with Crippen molar-refractivity contribution in [1.29, 1.82) is 0 Å². The van der Waals surface area contributed by atoms with Crippen LogP contribution in [0.2, 0.25) is 0 Å². The number of alkyl carbamates (subject to hydrolysis) is 1. The maximum Gasteiger partial charge on any atom is 0.408 e. The second kappa shape index (κ2) is 23.7. The van der Waals surface area contributed by atoms with E-state index >= 15 is 0 Å². The van der Waals surface area contributed by atoms with Crippen molar-refractivity contribution in [2.75, 3.05) is 19.6 Å². The molecule has 0 spiro atoms. The first kappa shape index (κ1) is 51.2. The average molecular weight is 871 g/mol.